The number of carbonyl (C=O) groups excluding carboxylic acids is 2. The first-order valence-electron chi connectivity index (χ1n) is 7.87. The Morgan fingerprint density at radius 2 is 2.17 bits per heavy atom. The highest BCUT2D eigenvalue weighted by atomic mass is 16.3. The Hall–Kier alpha value is -2.83. The predicted molar refractivity (Wildman–Crippen MR) is 88.6 cm³/mol. The Morgan fingerprint density at radius 3 is 2.83 bits per heavy atom. The maximum absolute atomic E-state index is 11.6. The van der Waals surface area contributed by atoms with E-state index in [1.54, 1.807) is 12.5 Å². The number of hydrazone groups is 1. The van der Waals surface area contributed by atoms with Crippen molar-refractivity contribution < 1.29 is 14.0 Å². The standard InChI is InChI=1S/C17H20N4O3/c1-11-8-13(12(2)21(11)10-15-4-3-7-24-15)9-18-20-17(23)16(22)19-14-5-6-14/h3-4,7-9,14H,5-6,10H2,1-2H3,(H,19,22)(H,20,23)/b18-9-. The molecule has 0 radical (unpaired) electrons. The zero-order valence-electron chi connectivity index (χ0n) is 13.7. The summed E-state index contributed by atoms with van der Waals surface area (Å²) in [4.78, 5) is 23.1. The molecule has 24 heavy (non-hydrogen) atoms. The summed E-state index contributed by atoms with van der Waals surface area (Å²) in [6.07, 6.45) is 5.06. The summed E-state index contributed by atoms with van der Waals surface area (Å²) in [5, 5.41) is 6.49. The van der Waals surface area contributed by atoms with Gasteiger partial charge in [0.1, 0.15) is 5.76 Å². The van der Waals surface area contributed by atoms with Crippen molar-refractivity contribution in [3.63, 3.8) is 0 Å². The van der Waals surface area contributed by atoms with Crippen LogP contribution in [0.3, 0.4) is 0 Å². The van der Waals surface area contributed by atoms with Crippen LogP contribution in [-0.2, 0) is 16.1 Å². The molecule has 0 spiro atoms. The molecular formula is C17H20N4O3. The van der Waals surface area contributed by atoms with Gasteiger partial charge in [-0.2, -0.15) is 5.10 Å². The smallest absolute Gasteiger partial charge is 0.329 e. The van der Waals surface area contributed by atoms with Crippen LogP contribution in [0.15, 0.2) is 34.0 Å². The van der Waals surface area contributed by atoms with Crippen LogP contribution in [0.1, 0.15) is 35.6 Å². The number of aromatic nitrogens is 1. The fourth-order valence-corrected chi connectivity index (χ4v) is 2.45. The third kappa shape index (κ3) is 3.73. The first-order chi connectivity index (χ1) is 11.5. The van der Waals surface area contributed by atoms with Crippen molar-refractivity contribution in [1.82, 2.24) is 15.3 Å². The number of rotatable bonds is 5. The molecule has 0 atom stereocenters. The zero-order chi connectivity index (χ0) is 17.1. The molecule has 3 rings (SSSR count). The van der Waals surface area contributed by atoms with Gasteiger partial charge in [0.2, 0.25) is 0 Å². The van der Waals surface area contributed by atoms with Gasteiger partial charge in [0.15, 0.2) is 0 Å². The lowest BCUT2D eigenvalue weighted by molar-refractivity contribution is -0.139. The number of aryl methyl sites for hydroxylation is 1. The van der Waals surface area contributed by atoms with E-state index in [2.05, 4.69) is 20.4 Å². The number of hydrogen-bond donors (Lipinski definition) is 2. The molecule has 2 heterocycles. The maximum Gasteiger partial charge on any atom is 0.329 e. The van der Waals surface area contributed by atoms with E-state index in [9.17, 15) is 9.59 Å². The van der Waals surface area contributed by atoms with Crippen molar-refractivity contribution in [1.29, 1.82) is 0 Å². The highest BCUT2D eigenvalue weighted by Gasteiger charge is 2.26. The number of carbonyl (C=O) groups is 2. The molecule has 7 nitrogen and oxygen atoms in total. The average Bonchev–Trinajstić information content (AvgIpc) is 3.14. The number of amides is 2. The zero-order valence-corrected chi connectivity index (χ0v) is 13.7. The molecule has 0 unspecified atom stereocenters. The Kier molecular flexibility index (Phi) is 4.50. The molecule has 7 heteroatoms. The van der Waals surface area contributed by atoms with Crippen LogP contribution in [-0.4, -0.2) is 28.6 Å². The van der Waals surface area contributed by atoms with Gasteiger partial charge in [-0.25, -0.2) is 5.43 Å². The predicted octanol–water partition coefficient (Wildman–Crippen LogP) is 1.47. The lowest BCUT2D eigenvalue weighted by Gasteiger charge is -2.07. The van der Waals surface area contributed by atoms with Crippen molar-refractivity contribution in [3.05, 3.63) is 47.2 Å². The lowest BCUT2D eigenvalue weighted by Crippen LogP contribution is -2.38. The van der Waals surface area contributed by atoms with Gasteiger partial charge in [-0.15, -0.1) is 0 Å². The second kappa shape index (κ2) is 6.74. The van der Waals surface area contributed by atoms with Crippen LogP contribution in [0, 0.1) is 13.8 Å². The van der Waals surface area contributed by atoms with Crippen LogP contribution in [0.4, 0.5) is 0 Å². The van der Waals surface area contributed by atoms with E-state index < -0.39 is 11.8 Å². The molecule has 0 aliphatic heterocycles. The lowest BCUT2D eigenvalue weighted by atomic mass is 10.3. The Labute approximate surface area is 139 Å². The average molecular weight is 328 g/mol. The van der Waals surface area contributed by atoms with Crippen molar-refractivity contribution >= 4 is 18.0 Å². The number of nitrogens with one attached hydrogen (secondary N) is 2. The summed E-state index contributed by atoms with van der Waals surface area (Å²) in [5.74, 6) is -0.522. The normalized spacial score (nSPS) is 14.1. The van der Waals surface area contributed by atoms with E-state index in [0.717, 1.165) is 35.6 Å². The van der Waals surface area contributed by atoms with Crippen molar-refractivity contribution in [2.45, 2.75) is 39.3 Å². The molecule has 2 N–H and O–H groups in total. The summed E-state index contributed by atoms with van der Waals surface area (Å²) in [6.45, 7) is 4.60. The van der Waals surface area contributed by atoms with Gasteiger partial charge in [0.05, 0.1) is 19.0 Å². The van der Waals surface area contributed by atoms with Crippen molar-refractivity contribution in [3.8, 4) is 0 Å². The Bertz CT molecular complexity index is 770. The summed E-state index contributed by atoms with van der Waals surface area (Å²) in [6, 6.07) is 5.89. The minimum absolute atomic E-state index is 0.146. The van der Waals surface area contributed by atoms with E-state index in [4.69, 9.17) is 4.42 Å². The van der Waals surface area contributed by atoms with E-state index in [0.29, 0.717) is 6.54 Å². The van der Waals surface area contributed by atoms with Gasteiger partial charge >= 0.3 is 11.8 Å². The highest BCUT2D eigenvalue weighted by Crippen LogP contribution is 2.18. The second-order valence-electron chi connectivity index (χ2n) is 5.94. The van der Waals surface area contributed by atoms with E-state index in [1.165, 1.54) is 0 Å². The molecule has 2 aromatic rings. The number of nitrogens with zero attached hydrogens (tertiary/aromatic N) is 2. The first kappa shape index (κ1) is 16.0. The van der Waals surface area contributed by atoms with Gasteiger partial charge in [0, 0.05) is 23.0 Å². The van der Waals surface area contributed by atoms with E-state index in [-0.39, 0.29) is 6.04 Å². The summed E-state index contributed by atoms with van der Waals surface area (Å²) >= 11 is 0. The van der Waals surface area contributed by atoms with Gasteiger partial charge < -0.3 is 14.3 Å². The van der Waals surface area contributed by atoms with E-state index >= 15 is 0 Å². The van der Waals surface area contributed by atoms with Crippen LogP contribution in [0.25, 0.3) is 0 Å². The minimum Gasteiger partial charge on any atom is -0.467 e. The fraction of sp³-hybridized carbons (Fsp3) is 0.353. The van der Waals surface area contributed by atoms with Crippen LogP contribution in [0.2, 0.25) is 0 Å². The first-order valence-corrected chi connectivity index (χ1v) is 7.87. The number of hydrogen-bond acceptors (Lipinski definition) is 4. The quantitative estimate of drug-likeness (QED) is 0.495. The molecule has 1 aliphatic rings. The topological polar surface area (TPSA) is 88.6 Å². The Balaban J connectivity index is 1.62. The van der Waals surface area contributed by atoms with Crippen LogP contribution >= 0.6 is 0 Å². The van der Waals surface area contributed by atoms with Crippen molar-refractivity contribution in [2.75, 3.05) is 0 Å². The van der Waals surface area contributed by atoms with Gasteiger partial charge in [0.25, 0.3) is 0 Å². The molecule has 2 amide bonds. The van der Waals surface area contributed by atoms with Crippen LogP contribution < -0.4 is 10.7 Å². The summed E-state index contributed by atoms with van der Waals surface area (Å²) in [7, 11) is 0. The highest BCUT2D eigenvalue weighted by molar-refractivity contribution is 6.35. The van der Waals surface area contributed by atoms with E-state index in [1.807, 2.05) is 32.0 Å². The molecule has 126 valence electrons. The summed E-state index contributed by atoms with van der Waals surface area (Å²) in [5.41, 5.74) is 5.20. The van der Waals surface area contributed by atoms with Gasteiger partial charge in [-0.3, -0.25) is 9.59 Å². The minimum atomic E-state index is -0.748. The molecule has 1 fully saturated rings. The van der Waals surface area contributed by atoms with Crippen LogP contribution in [0.5, 0.6) is 0 Å². The fourth-order valence-electron chi connectivity index (χ4n) is 2.45. The van der Waals surface area contributed by atoms with Gasteiger partial charge in [-0.05, 0) is 44.9 Å². The largest absolute Gasteiger partial charge is 0.467 e. The molecule has 2 aromatic heterocycles. The molecule has 0 saturated heterocycles. The summed E-state index contributed by atoms with van der Waals surface area (Å²) < 4.78 is 7.48. The molecule has 1 aliphatic carbocycles. The molecular weight excluding hydrogens is 308 g/mol. The Morgan fingerprint density at radius 1 is 1.38 bits per heavy atom. The maximum atomic E-state index is 11.6. The molecule has 1 saturated carbocycles. The third-order valence-electron chi connectivity index (χ3n) is 4.00. The van der Waals surface area contributed by atoms with Gasteiger partial charge in [-0.1, -0.05) is 0 Å². The monoisotopic (exact) mass is 328 g/mol. The second-order valence-corrected chi connectivity index (χ2v) is 5.94. The third-order valence-corrected chi connectivity index (χ3v) is 4.00. The number of furan rings is 1. The molecule has 0 aromatic carbocycles. The molecule has 0 bridgehead atoms. The van der Waals surface area contributed by atoms with Crippen molar-refractivity contribution in [2.24, 2.45) is 5.10 Å². The SMILES string of the molecule is Cc1cc(/C=N\NC(=O)C(=O)NC2CC2)c(C)n1Cc1ccco1.